The van der Waals surface area contributed by atoms with E-state index >= 15 is 0 Å². The number of hydrazone groups is 1. The normalized spacial score (nSPS) is 11.3. The second-order valence-corrected chi connectivity index (χ2v) is 3.48. The predicted octanol–water partition coefficient (Wildman–Crippen LogP) is 0.225. The van der Waals surface area contributed by atoms with Gasteiger partial charge in [-0.2, -0.15) is 5.10 Å². The van der Waals surface area contributed by atoms with Gasteiger partial charge in [-0.25, -0.2) is 0 Å². The van der Waals surface area contributed by atoms with Gasteiger partial charge in [0.05, 0.1) is 12.3 Å². The first-order valence-corrected chi connectivity index (χ1v) is 5.82. The average Bonchev–Trinajstić information content (AvgIpc) is 2.39. The second-order valence-electron chi connectivity index (χ2n) is 3.48. The highest BCUT2D eigenvalue weighted by Crippen LogP contribution is 1.85. The number of nitrogens with one attached hydrogen (secondary N) is 1. The molecule has 0 radical (unpaired) electrons. The first-order chi connectivity index (χ1) is 9.20. The quantitative estimate of drug-likeness (QED) is 0.0856. The van der Waals surface area contributed by atoms with E-state index in [1.54, 1.807) is 6.21 Å². The number of rotatable bonds is 10. The van der Waals surface area contributed by atoms with Crippen molar-refractivity contribution in [1.29, 1.82) is 0 Å². The second kappa shape index (κ2) is 12.3. The molecule has 3 N–H and O–H groups in total. The molecule has 0 rings (SSSR count). The van der Waals surface area contributed by atoms with Gasteiger partial charge in [0.1, 0.15) is 0 Å². The van der Waals surface area contributed by atoms with Crippen molar-refractivity contribution in [2.75, 3.05) is 32.8 Å². The topological polar surface area (TPSA) is 138 Å². The van der Waals surface area contributed by atoms with E-state index in [9.17, 15) is 4.79 Å². The van der Waals surface area contributed by atoms with Gasteiger partial charge in [0, 0.05) is 50.6 Å². The monoisotopic (exact) mass is 269 g/mol. The highest BCUT2D eigenvalue weighted by atomic mass is 16.5. The van der Waals surface area contributed by atoms with Crippen LogP contribution in [-0.4, -0.2) is 50.7 Å². The van der Waals surface area contributed by atoms with Gasteiger partial charge in [-0.05, 0) is 5.53 Å². The summed E-state index contributed by atoms with van der Waals surface area (Å²) in [6, 6.07) is 0. The first-order valence-electron chi connectivity index (χ1n) is 5.82. The van der Waals surface area contributed by atoms with Crippen LogP contribution in [0.5, 0.6) is 0 Å². The van der Waals surface area contributed by atoms with Crippen LogP contribution in [0.4, 0.5) is 0 Å². The van der Waals surface area contributed by atoms with Crippen molar-refractivity contribution in [2.24, 2.45) is 21.1 Å². The third-order valence-corrected chi connectivity index (χ3v) is 1.90. The van der Waals surface area contributed by atoms with Gasteiger partial charge in [0.25, 0.3) is 0 Å². The van der Waals surface area contributed by atoms with Gasteiger partial charge >= 0.3 is 5.97 Å². The third-order valence-electron chi connectivity index (χ3n) is 1.90. The minimum absolute atomic E-state index is 0.294. The molecule has 0 heterocycles. The number of ether oxygens (including phenoxy) is 1. The molecule has 0 aromatic heterocycles. The highest BCUT2D eigenvalue weighted by Gasteiger charge is 1.95. The molecule has 106 valence electrons. The van der Waals surface area contributed by atoms with Gasteiger partial charge in [0.15, 0.2) is 0 Å². The lowest BCUT2D eigenvalue weighted by atomic mass is 10.4. The van der Waals surface area contributed by atoms with Crippen LogP contribution in [0.2, 0.25) is 0 Å². The Morgan fingerprint density at radius 3 is 2.95 bits per heavy atom. The lowest BCUT2D eigenvalue weighted by molar-refractivity contribution is -0.140. The summed E-state index contributed by atoms with van der Waals surface area (Å²) >= 11 is 0. The molecule has 0 aliphatic rings. The molecule has 0 aromatic rings. The van der Waals surface area contributed by atoms with Crippen LogP contribution in [0, 0.1) is 0 Å². The van der Waals surface area contributed by atoms with Crippen LogP contribution in [0.3, 0.4) is 0 Å². The smallest absolute Gasteiger partial charge is 0.302 e. The van der Waals surface area contributed by atoms with Crippen molar-refractivity contribution in [3.05, 3.63) is 10.4 Å². The van der Waals surface area contributed by atoms with E-state index in [0.717, 1.165) is 0 Å². The molecule has 0 atom stereocenters. The lowest BCUT2D eigenvalue weighted by Gasteiger charge is -2.01. The number of aliphatic imine (C=N–C) groups is 1. The molecule has 0 aromatic carbocycles. The molecule has 9 nitrogen and oxygen atoms in total. The molecule has 0 spiro atoms. The number of carbonyl (C=O) groups is 1. The number of hydrogen-bond acceptors (Lipinski definition) is 7. The summed E-state index contributed by atoms with van der Waals surface area (Å²) in [7, 11) is 0. The fourth-order valence-electron chi connectivity index (χ4n) is 1.06. The Balaban J connectivity index is 3.68. The minimum atomic E-state index is -0.294. The highest BCUT2D eigenvalue weighted by molar-refractivity contribution is 6.31. The maximum atomic E-state index is 10.5. The molecule has 19 heavy (non-hydrogen) atoms. The molecule has 0 saturated heterocycles. The summed E-state index contributed by atoms with van der Waals surface area (Å²) in [6.45, 7) is 3.61. The molecule has 0 aliphatic carbocycles. The Morgan fingerprint density at radius 1 is 1.53 bits per heavy atom. The van der Waals surface area contributed by atoms with E-state index in [-0.39, 0.29) is 5.97 Å². The summed E-state index contributed by atoms with van der Waals surface area (Å²) < 4.78 is 4.76. The van der Waals surface area contributed by atoms with E-state index in [0.29, 0.717) is 44.9 Å². The third kappa shape index (κ3) is 12.1. The predicted molar refractivity (Wildman–Crippen MR) is 73.1 cm³/mol. The molecule has 0 aliphatic heterocycles. The number of esters is 1. The molecular weight excluding hydrogens is 250 g/mol. The molecule has 0 unspecified atom stereocenters. The van der Waals surface area contributed by atoms with Crippen LogP contribution < -0.4 is 11.2 Å². The Morgan fingerprint density at radius 2 is 2.32 bits per heavy atom. The Hall–Kier alpha value is -2.12. The molecule has 0 amide bonds. The van der Waals surface area contributed by atoms with Gasteiger partial charge in [0.2, 0.25) is 0 Å². The van der Waals surface area contributed by atoms with Crippen molar-refractivity contribution in [3.8, 4) is 0 Å². The Kier molecular flexibility index (Phi) is 11.0. The molecule has 0 saturated carbocycles. The Bertz CT molecular complexity index is 361. The maximum absolute atomic E-state index is 10.5. The summed E-state index contributed by atoms with van der Waals surface area (Å²) in [4.78, 5) is 17.2. The van der Waals surface area contributed by atoms with Crippen molar-refractivity contribution in [2.45, 2.75) is 13.3 Å². The maximum Gasteiger partial charge on any atom is 0.302 e. The van der Waals surface area contributed by atoms with Crippen molar-refractivity contribution in [1.82, 2.24) is 5.32 Å². The molecule has 9 heteroatoms. The summed E-state index contributed by atoms with van der Waals surface area (Å²) in [5, 5.41) is 9.95. The fourth-order valence-corrected chi connectivity index (χ4v) is 1.06. The van der Waals surface area contributed by atoms with Crippen molar-refractivity contribution < 1.29 is 9.53 Å². The molecule has 0 fully saturated rings. The fraction of sp³-hybridized carbons (Fsp3) is 0.700. The van der Waals surface area contributed by atoms with Crippen LogP contribution >= 0.6 is 0 Å². The van der Waals surface area contributed by atoms with Crippen LogP contribution in [0.25, 0.3) is 10.4 Å². The molecule has 0 bridgehead atoms. The number of azide groups is 1. The number of carbonyl (C=O) groups excluding carboxylic acids is 1. The standard InChI is InChI=1S/C10H19N7O2/c1-9(18)19-6-2-3-13-7-10(16-11)8-14-4-5-15-17-12/h7,14H,2-6,8,11H2,1H3/b13-7?,16-10+. The van der Waals surface area contributed by atoms with Gasteiger partial charge in [-0.15, -0.1) is 0 Å². The van der Waals surface area contributed by atoms with Gasteiger partial charge in [-0.1, -0.05) is 5.11 Å². The lowest BCUT2D eigenvalue weighted by Crippen LogP contribution is -2.27. The van der Waals surface area contributed by atoms with Crippen molar-refractivity contribution in [3.63, 3.8) is 0 Å². The zero-order chi connectivity index (χ0) is 14.3. The SMILES string of the molecule is CC(=O)OCCCN=C/C(CNCCN=[N+]=[N-])=N\N. The number of nitrogens with zero attached hydrogens (tertiary/aromatic N) is 5. The van der Waals surface area contributed by atoms with Crippen LogP contribution in [0.1, 0.15) is 13.3 Å². The average molecular weight is 269 g/mol. The van der Waals surface area contributed by atoms with E-state index < -0.39 is 0 Å². The number of hydrogen-bond donors (Lipinski definition) is 2. The van der Waals surface area contributed by atoms with E-state index in [1.807, 2.05) is 0 Å². The summed E-state index contributed by atoms with van der Waals surface area (Å²) in [5.74, 6) is 4.91. The number of nitrogens with two attached hydrogens (primary N) is 1. The van der Waals surface area contributed by atoms with Gasteiger partial charge < -0.3 is 15.9 Å². The Labute approximate surface area is 111 Å². The summed E-state index contributed by atoms with van der Waals surface area (Å²) in [5.41, 5.74) is 8.67. The summed E-state index contributed by atoms with van der Waals surface area (Å²) in [6.07, 6.45) is 2.21. The molecular formula is C10H19N7O2. The zero-order valence-electron chi connectivity index (χ0n) is 10.9. The largest absolute Gasteiger partial charge is 0.466 e. The van der Waals surface area contributed by atoms with E-state index in [1.165, 1.54) is 6.92 Å². The van der Waals surface area contributed by atoms with E-state index in [2.05, 4.69) is 25.4 Å². The zero-order valence-corrected chi connectivity index (χ0v) is 10.9. The minimum Gasteiger partial charge on any atom is -0.466 e. The van der Waals surface area contributed by atoms with Crippen LogP contribution in [0.15, 0.2) is 15.2 Å². The van der Waals surface area contributed by atoms with Crippen molar-refractivity contribution >= 4 is 17.9 Å². The van der Waals surface area contributed by atoms with E-state index in [4.69, 9.17) is 16.1 Å². The van der Waals surface area contributed by atoms with Crippen LogP contribution in [-0.2, 0) is 9.53 Å². The first kappa shape index (κ1) is 16.9. The van der Waals surface area contributed by atoms with Gasteiger partial charge in [-0.3, -0.25) is 9.79 Å².